The lowest BCUT2D eigenvalue weighted by atomic mass is 10.2. The summed E-state index contributed by atoms with van der Waals surface area (Å²) in [6, 6.07) is 3.43. The number of ether oxygens (including phenoxy) is 1. The molecular formula is C32H45N3O3. The molecule has 1 rings (SSSR count). The van der Waals surface area contributed by atoms with E-state index in [1.807, 2.05) is 6.08 Å². The van der Waals surface area contributed by atoms with Crippen molar-refractivity contribution in [3.8, 4) is 0 Å². The van der Waals surface area contributed by atoms with Gasteiger partial charge in [0.2, 0.25) is 5.91 Å². The van der Waals surface area contributed by atoms with Gasteiger partial charge in [-0.15, -0.1) is 0 Å². The van der Waals surface area contributed by atoms with Crippen LogP contribution < -0.4 is 10.6 Å². The number of allylic oxidation sites excluding steroid dienone is 12. The standard InChI is InChI=1S/C32H45N3O3/c1-2-3-4-5-6-7-8-9-10-11-12-13-14-15-16-17-18-19-20-23-31(36)34-25-27-38-28-26-35-32(37)30-22-21-24-33-29-30/h3-4,6-7,9-10,12-13,15-16,18-19,21-22,24,29H,2,5,8,11,14,17,20,23,25-28H2,1H3,(H,34,36)(H,35,37). The van der Waals surface area contributed by atoms with Gasteiger partial charge in [-0.25, -0.2) is 0 Å². The van der Waals surface area contributed by atoms with Crippen LogP contribution in [0.3, 0.4) is 0 Å². The topological polar surface area (TPSA) is 80.3 Å². The average Bonchev–Trinajstić information content (AvgIpc) is 2.94. The monoisotopic (exact) mass is 519 g/mol. The zero-order chi connectivity index (χ0) is 27.4. The van der Waals surface area contributed by atoms with Crippen LogP contribution >= 0.6 is 0 Å². The number of hydrogen-bond donors (Lipinski definition) is 2. The van der Waals surface area contributed by atoms with Gasteiger partial charge in [0.25, 0.3) is 5.91 Å². The van der Waals surface area contributed by atoms with E-state index in [0.29, 0.717) is 38.3 Å². The van der Waals surface area contributed by atoms with Crippen molar-refractivity contribution in [2.75, 3.05) is 26.3 Å². The van der Waals surface area contributed by atoms with Gasteiger partial charge in [0.05, 0.1) is 18.8 Å². The molecule has 0 aliphatic carbocycles. The van der Waals surface area contributed by atoms with Gasteiger partial charge >= 0.3 is 0 Å². The maximum Gasteiger partial charge on any atom is 0.252 e. The van der Waals surface area contributed by atoms with E-state index < -0.39 is 0 Å². The van der Waals surface area contributed by atoms with E-state index in [1.165, 1.54) is 6.20 Å². The summed E-state index contributed by atoms with van der Waals surface area (Å²) in [5, 5.41) is 5.60. The molecule has 0 bridgehead atoms. The molecule has 0 saturated heterocycles. The molecule has 38 heavy (non-hydrogen) atoms. The number of nitrogens with one attached hydrogen (secondary N) is 2. The van der Waals surface area contributed by atoms with Crippen LogP contribution in [0.2, 0.25) is 0 Å². The third-order valence-electron chi connectivity index (χ3n) is 5.16. The summed E-state index contributed by atoms with van der Waals surface area (Å²) in [5.74, 6) is -0.164. The molecule has 0 spiro atoms. The van der Waals surface area contributed by atoms with Gasteiger partial charge in [-0.3, -0.25) is 14.6 Å². The number of aromatic nitrogens is 1. The van der Waals surface area contributed by atoms with E-state index in [2.05, 4.69) is 89.4 Å². The zero-order valence-electron chi connectivity index (χ0n) is 22.9. The molecule has 1 aromatic heterocycles. The summed E-state index contributed by atoms with van der Waals surface area (Å²) in [6.07, 6.45) is 36.2. The fraction of sp³-hybridized carbons (Fsp3) is 0.406. The van der Waals surface area contributed by atoms with E-state index in [-0.39, 0.29) is 11.8 Å². The van der Waals surface area contributed by atoms with Crippen LogP contribution in [0.5, 0.6) is 0 Å². The van der Waals surface area contributed by atoms with E-state index in [4.69, 9.17) is 4.74 Å². The molecule has 0 unspecified atom stereocenters. The Hall–Kier alpha value is -3.51. The summed E-state index contributed by atoms with van der Waals surface area (Å²) >= 11 is 0. The van der Waals surface area contributed by atoms with Crippen LogP contribution in [0, 0.1) is 0 Å². The van der Waals surface area contributed by atoms with Gasteiger partial charge in [-0.05, 0) is 57.1 Å². The first-order chi connectivity index (χ1) is 18.7. The lowest BCUT2D eigenvalue weighted by Crippen LogP contribution is -2.30. The minimum absolute atomic E-state index is 0.0120. The van der Waals surface area contributed by atoms with Crippen molar-refractivity contribution in [3.63, 3.8) is 0 Å². The molecule has 6 heteroatoms. The number of carbonyl (C=O) groups excluding carboxylic acids is 2. The maximum absolute atomic E-state index is 11.9. The van der Waals surface area contributed by atoms with Gasteiger partial charge in [-0.2, -0.15) is 0 Å². The fourth-order valence-corrected chi connectivity index (χ4v) is 3.14. The van der Waals surface area contributed by atoms with Crippen molar-refractivity contribution in [2.45, 2.75) is 58.3 Å². The molecule has 0 aliphatic heterocycles. The SMILES string of the molecule is CCC=CCC=CCC=CCC=CCC=CCC=CCCC(=O)NCCOCCNC(=O)c1cccnc1. The number of amides is 2. The molecule has 0 saturated carbocycles. The highest BCUT2D eigenvalue weighted by Gasteiger charge is 2.03. The number of hydrogen-bond acceptors (Lipinski definition) is 4. The van der Waals surface area contributed by atoms with Crippen molar-refractivity contribution in [1.29, 1.82) is 0 Å². The molecule has 2 amide bonds. The first-order valence-corrected chi connectivity index (χ1v) is 13.7. The zero-order valence-corrected chi connectivity index (χ0v) is 22.9. The van der Waals surface area contributed by atoms with Crippen molar-refractivity contribution in [2.24, 2.45) is 0 Å². The van der Waals surface area contributed by atoms with Crippen molar-refractivity contribution < 1.29 is 14.3 Å². The predicted molar refractivity (Wildman–Crippen MR) is 158 cm³/mol. The first kappa shape index (κ1) is 32.5. The van der Waals surface area contributed by atoms with Gasteiger partial charge in [0.1, 0.15) is 0 Å². The number of pyridine rings is 1. The summed E-state index contributed by atoms with van der Waals surface area (Å²) in [4.78, 5) is 27.6. The highest BCUT2D eigenvalue weighted by molar-refractivity contribution is 5.93. The van der Waals surface area contributed by atoms with E-state index >= 15 is 0 Å². The van der Waals surface area contributed by atoms with E-state index in [9.17, 15) is 9.59 Å². The second-order valence-corrected chi connectivity index (χ2v) is 8.41. The fourth-order valence-electron chi connectivity index (χ4n) is 3.14. The molecule has 1 heterocycles. The third kappa shape index (κ3) is 20.7. The third-order valence-corrected chi connectivity index (χ3v) is 5.16. The molecule has 6 nitrogen and oxygen atoms in total. The van der Waals surface area contributed by atoms with Crippen LogP contribution in [0.15, 0.2) is 97.4 Å². The van der Waals surface area contributed by atoms with Gasteiger partial charge < -0.3 is 15.4 Å². The Labute approximate surface area is 229 Å². The Bertz CT molecular complexity index is 915. The van der Waals surface area contributed by atoms with Crippen molar-refractivity contribution in [1.82, 2.24) is 15.6 Å². The number of carbonyl (C=O) groups is 2. The minimum Gasteiger partial charge on any atom is -0.378 e. The van der Waals surface area contributed by atoms with Gasteiger partial charge in [0, 0.05) is 31.9 Å². The van der Waals surface area contributed by atoms with E-state index in [0.717, 1.165) is 44.9 Å². The Morgan fingerprint density at radius 1 is 0.763 bits per heavy atom. The highest BCUT2D eigenvalue weighted by Crippen LogP contribution is 1.98. The molecule has 0 aliphatic rings. The molecule has 1 aromatic rings. The van der Waals surface area contributed by atoms with Gasteiger partial charge in [-0.1, -0.05) is 79.8 Å². The molecule has 206 valence electrons. The Kier molecular flexibility index (Phi) is 21.5. The Balaban J connectivity index is 1.91. The molecule has 2 N–H and O–H groups in total. The Morgan fingerprint density at radius 2 is 1.29 bits per heavy atom. The second-order valence-electron chi connectivity index (χ2n) is 8.41. The molecular weight excluding hydrogens is 474 g/mol. The van der Waals surface area contributed by atoms with Crippen LogP contribution in [-0.2, 0) is 9.53 Å². The number of nitrogens with zero attached hydrogens (tertiary/aromatic N) is 1. The normalized spacial score (nSPS) is 12.2. The molecule has 0 radical (unpaired) electrons. The predicted octanol–water partition coefficient (Wildman–Crippen LogP) is 6.42. The smallest absolute Gasteiger partial charge is 0.252 e. The summed E-state index contributed by atoms with van der Waals surface area (Å²) in [7, 11) is 0. The summed E-state index contributed by atoms with van der Waals surface area (Å²) < 4.78 is 5.44. The molecule has 0 atom stereocenters. The molecule has 0 fully saturated rings. The Morgan fingerprint density at radius 3 is 1.82 bits per heavy atom. The lowest BCUT2D eigenvalue weighted by Gasteiger charge is -2.07. The average molecular weight is 520 g/mol. The van der Waals surface area contributed by atoms with Crippen molar-refractivity contribution in [3.05, 3.63) is 103 Å². The van der Waals surface area contributed by atoms with Crippen LogP contribution in [0.4, 0.5) is 0 Å². The van der Waals surface area contributed by atoms with Crippen molar-refractivity contribution >= 4 is 11.8 Å². The second kappa shape index (κ2) is 25.2. The summed E-state index contributed by atoms with van der Waals surface area (Å²) in [6.45, 7) is 3.81. The largest absolute Gasteiger partial charge is 0.378 e. The quantitative estimate of drug-likeness (QED) is 0.145. The minimum atomic E-state index is -0.176. The van der Waals surface area contributed by atoms with Crippen LogP contribution in [-0.4, -0.2) is 43.1 Å². The maximum atomic E-state index is 11.9. The summed E-state index contributed by atoms with van der Waals surface area (Å²) in [5.41, 5.74) is 0.520. The van der Waals surface area contributed by atoms with Crippen LogP contribution in [0.1, 0.15) is 68.6 Å². The lowest BCUT2D eigenvalue weighted by molar-refractivity contribution is -0.121. The molecule has 0 aromatic carbocycles. The van der Waals surface area contributed by atoms with Gasteiger partial charge in [0.15, 0.2) is 0 Å². The first-order valence-electron chi connectivity index (χ1n) is 13.7. The van der Waals surface area contributed by atoms with E-state index in [1.54, 1.807) is 18.3 Å². The highest BCUT2D eigenvalue weighted by atomic mass is 16.5. The van der Waals surface area contributed by atoms with Crippen LogP contribution in [0.25, 0.3) is 0 Å². The number of rotatable bonds is 21.